The Bertz CT molecular complexity index is 1070. The number of carbonyl (C=O) groups is 1. The quantitative estimate of drug-likeness (QED) is 0.538. The first-order chi connectivity index (χ1) is 12.7. The Morgan fingerprint density at radius 1 is 1.00 bits per heavy atom. The van der Waals surface area contributed by atoms with Crippen LogP contribution in [0.2, 0.25) is 0 Å². The van der Waals surface area contributed by atoms with Crippen LogP contribution in [0.15, 0.2) is 70.9 Å². The average Bonchev–Trinajstić information content (AvgIpc) is 2.93. The van der Waals surface area contributed by atoms with Crippen molar-refractivity contribution in [3.63, 3.8) is 0 Å². The molecular weight excluding hydrogens is 326 g/mol. The molecule has 26 heavy (non-hydrogen) atoms. The first-order valence-electron chi connectivity index (χ1n) is 8.25. The number of para-hydroxylation sites is 1. The van der Waals surface area contributed by atoms with Crippen LogP contribution in [0.3, 0.4) is 0 Å². The van der Waals surface area contributed by atoms with Gasteiger partial charge in [0, 0.05) is 18.2 Å². The Morgan fingerprint density at radius 3 is 2.62 bits per heavy atom. The van der Waals surface area contributed by atoms with E-state index in [1.54, 1.807) is 25.3 Å². The normalized spacial score (nSPS) is 15.2. The number of hydrogen-bond donors (Lipinski definition) is 0. The molecular formula is C21H17N3O2. The molecule has 0 fully saturated rings. The van der Waals surface area contributed by atoms with Crippen molar-refractivity contribution in [1.29, 1.82) is 0 Å². The van der Waals surface area contributed by atoms with Crippen molar-refractivity contribution in [3.8, 4) is 5.75 Å². The molecule has 5 nitrogen and oxygen atoms in total. The zero-order valence-electron chi connectivity index (χ0n) is 14.5. The topological polar surface area (TPSA) is 54.3 Å². The zero-order chi connectivity index (χ0) is 18.1. The average molecular weight is 343 g/mol. The van der Waals surface area contributed by atoms with Crippen molar-refractivity contribution in [2.45, 2.75) is 0 Å². The maximum absolute atomic E-state index is 12.4. The van der Waals surface area contributed by atoms with Crippen molar-refractivity contribution < 1.29 is 9.53 Å². The van der Waals surface area contributed by atoms with E-state index < -0.39 is 0 Å². The number of hydrogen-bond acceptors (Lipinski definition) is 4. The first kappa shape index (κ1) is 16.0. The predicted octanol–water partition coefficient (Wildman–Crippen LogP) is 3.65. The van der Waals surface area contributed by atoms with Gasteiger partial charge in [-0.15, -0.1) is 5.10 Å². The van der Waals surface area contributed by atoms with Crippen LogP contribution in [0.4, 0.5) is 5.69 Å². The highest BCUT2D eigenvalue weighted by Crippen LogP contribution is 2.28. The van der Waals surface area contributed by atoms with E-state index in [0.29, 0.717) is 11.5 Å². The van der Waals surface area contributed by atoms with Gasteiger partial charge in [0.05, 0.1) is 19.0 Å². The Morgan fingerprint density at radius 2 is 1.77 bits per heavy atom. The Balaban J connectivity index is 1.77. The minimum Gasteiger partial charge on any atom is -0.496 e. The molecule has 0 radical (unpaired) electrons. The first-order valence-corrected chi connectivity index (χ1v) is 8.25. The highest BCUT2D eigenvalue weighted by molar-refractivity contribution is 6.54. The molecule has 0 saturated heterocycles. The summed E-state index contributed by atoms with van der Waals surface area (Å²) in [6.45, 7) is 0. The molecule has 128 valence electrons. The van der Waals surface area contributed by atoms with Crippen molar-refractivity contribution in [3.05, 3.63) is 71.8 Å². The van der Waals surface area contributed by atoms with Crippen LogP contribution in [0.5, 0.6) is 5.75 Å². The maximum atomic E-state index is 12.4. The molecule has 4 rings (SSSR count). The number of anilines is 1. The molecule has 1 aliphatic rings. The van der Waals surface area contributed by atoms with E-state index in [4.69, 9.17) is 4.74 Å². The fraction of sp³-hybridized carbons (Fsp3) is 0.0952. The number of nitrogens with zero attached hydrogens (tertiary/aromatic N) is 3. The van der Waals surface area contributed by atoms with Crippen LogP contribution < -0.4 is 9.64 Å². The van der Waals surface area contributed by atoms with Gasteiger partial charge in [0.15, 0.2) is 5.71 Å². The largest absolute Gasteiger partial charge is 0.496 e. The van der Waals surface area contributed by atoms with Crippen LogP contribution in [0.25, 0.3) is 10.8 Å². The zero-order valence-corrected chi connectivity index (χ0v) is 14.5. The number of benzene rings is 3. The van der Waals surface area contributed by atoms with Crippen LogP contribution in [-0.2, 0) is 4.79 Å². The van der Waals surface area contributed by atoms with E-state index in [9.17, 15) is 4.79 Å². The van der Waals surface area contributed by atoms with E-state index in [-0.39, 0.29) is 5.91 Å². The third-order valence-electron chi connectivity index (χ3n) is 4.52. The lowest BCUT2D eigenvalue weighted by atomic mass is 10.0. The number of likely N-dealkylation sites (N-methyl/N-ethyl adjacent to an activating group) is 1. The van der Waals surface area contributed by atoms with Crippen molar-refractivity contribution >= 4 is 34.3 Å². The number of rotatable bonds is 3. The second-order valence-electron chi connectivity index (χ2n) is 5.98. The summed E-state index contributed by atoms with van der Waals surface area (Å²) in [5.41, 5.74) is 2.82. The van der Waals surface area contributed by atoms with Crippen molar-refractivity contribution in [2.75, 3.05) is 19.1 Å². The Labute approximate surface area is 151 Å². The summed E-state index contributed by atoms with van der Waals surface area (Å²) in [4.78, 5) is 14.0. The highest BCUT2D eigenvalue weighted by Gasteiger charge is 2.31. The van der Waals surface area contributed by atoms with Crippen molar-refractivity contribution in [1.82, 2.24) is 0 Å². The predicted molar refractivity (Wildman–Crippen MR) is 104 cm³/mol. The molecule has 1 amide bonds. The van der Waals surface area contributed by atoms with Crippen LogP contribution in [0, 0.1) is 0 Å². The van der Waals surface area contributed by atoms with Crippen molar-refractivity contribution in [2.24, 2.45) is 10.2 Å². The number of methoxy groups -OCH3 is 1. The third kappa shape index (κ3) is 2.54. The molecule has 0 aromatic heterocycles. The Hall–Kier alpha value is -3.47. The molecule has 0 spiro atoms. The van der Waals surface area contributed by atoms with Gasteiger partial charge in [-0.05, 0) is 22.9 Å². The summed E-state index contributed by atoms with van der Waals surface area (Å²) in [6.07, 6.45) is 1.64. The summed E-state index contributed by atoms with van der Waals surface area (Å²) in [7, 11) is 3.36. The summed E-state index contributed by atoms with van der Waals surface area (Å²) in [5, 5.41) is 10.5. The van der Waals surface area contributed by atoms with Gasteiger partial charge >= 0.3 is 0 Å². The maximum Gasteiger partial charge on any atom is 0.279 e. The highest BCUT2D eigenvalue weighted by atomic mass is 16.5. The number of amides is 1. The monoisotopic (exact) mass is 343 g/mol. The Kier molecular flexibility index (Phi) is 3.97. The summed E-state index contributed by atoms with van der Waals surface area (Å²) in [6, 6.07) is 19.5. The second kappa shape index (κ2) is 6.44. The molecule has 3 aromatic carbocycles. The molecule has 3 aromatic rings. The van der Waals surface area contributed by atoms with E-state index >= 15 is 0 Å². The molecule has 0 N–H and O–H groups in total. The smallest absolute Gasteiger partial charge is 0.279 e. The number of fused-ring (bicyclic) bond motifs is 2. The summed E-state index contributed by atoms with van der Waals surface area (Å²) < 4.78 is 5.46. The fourth-order valence-electron chi connectivity index (χ4n) is 3.18. The van der Waals surface area contributed by atoms with E-state index in [1.807, 2.05) is 60.7 Å². The van der Waals surface area contributed by atoms with Gasteiger partial charge in [0.2, 0.25) is 0 Å². The second-order valence-corrected chi connectivity index (χ2v) is 5.98. The fourth-order valence-corrected chi connectivity index (χ4v) is 3.18. The number of ether oxygens (including phenoxy) is 1. The minimum absolute atomic E-state index is 0.159. The molecule has 0 bridgehead atoms. The molecule has 1 aliphatic heterocycles. The van der Waals surface area contributed by atoms with Gasteiger partial charge in [0.1, 0.15) is 5.75 Å². The van der Waals surface area contributed by atoms with Gasteiger partial charge in [0.25, 0.3) is 5.91 Å². The van der Waals surface area contributed by atoms with Gasteiger partial charge < -0.3 is 9.64 Å². The molecule has 0 atom stereocenters. The molecule has 0 saturated carbocycles. The minimum atomic E-state index is -0.159. The van der Waals surface area contributed by atoms with E-state index in [1.165, 1.54) is 0 Å². The SMILES string of the molecule is COc1ccc2ccccc2c1/C=N\N=C1/C(=O)N(C)c2ccccc21. The summed E-state index contributed by atoms with van der Waals surface area (Å²) >= 11 is 0. The molecule has 0 aliphatic carbocycles. The van der Waals surface area contributed by atoms with Crippen LogP contribution in [0.1, 0.15) is 11.1 Å². The lowest BCUT2D eigenvalue weighted by Gasteiger charge is -2.07. The standard InChI is InChI=1S/C21H17N3O2/c1-24-18-10-6-5-9-16(18)20(21(24)25)23-22-13-17-15-8-4-3-7-14(15)11-12-19(17)26-2/h3-13H,1-2H3/b22-13-,23-20-. The molecule has 1 heterocycles. The summed E-state index contributed by atoms with van der Waals surface area (Å²) in [5.74, 6) is 0.552. The van der Waals surface area contributed by atoms with Gasteiger partial charge in [-0.2, -0.15) is 5.10 Å². The lowest BCUT2D eigenvalue weighted by Crippen LogP contribution is -2.25. The van der Waals surface area contributed by atoms with Gasteiger partial charge in [-0.3, -0.25) is 4.79 Å². The van der Waals surface area contributed by atoms with Gasteiger partial charge in [-0.1, -0.05) is 48.5 Å². The van der Waals surface area contributed by atoms with Crippen LogP contribution >= 0.6 is 0 Å². The van der Waals surface area contributed by atoms with Crippen LogP contribution in [-0.4, -0.2) is 32.0 Å². The lowest BCUT2D eigenvalue weighted by molar-refractivity contribution is -0.111. The molecule has 5 heteroatoms. The van der Waals surface area contributed by atoms with Gasteiger partial charge in [-0.25, -0.2) is 0 Å². The van der Waals surface area contributed by atoms with E-state index in [2.05, 4.69) is 10.2 Å². The third-order valence-corrected chi connectivity index (χ3v) is 4.52. The number of carbonyl (C=O) groups excluding carboxylic acids is 1. The van der Waals surface area contributed by atoms with E-state index in [0.717, 1.165) is 27.6 Å². The molecule has 0 unspecified atom stereocenters.